The predicted molar refractivity (Wildman–Crippen MR) is 113 cm³/mol. The molecule has 1 N–H and O–H groups in total. The van der Waals surface area contributed by atoms with E-state index in [0.29, 0.717) is 13.1 Å². The maximum atomic E-state index is 12.7. The predicted octanol–water partition coefficient (Wildman–Crippen LogP) is 4.12. The van der Waals surface area contributed by atoms with Gasteiger partial charge in [-0.2, -0.15) is 4.31 Å². The summed E-state index contributed by atoms with van der Waals surface area (Å²) in [5.74, 6) is -0.373. The van der Waals surface area contributed by atoms with Crippen molar-refractivity contribution in [2.24, 2.45) is 0 Å². The molecule has 0 spiro atoms. The first-order valence-corrected chi connectivity index (χ1v) is 11.3. The highest BCUT2D eigenvalue weighted by atomic mass is 35.5. The van der Waals surface area contributed by atoms with Crippen LogP contribution in [-0.4, -0.2) is 37.8 Å². The molecule has 28 heavy (non-hydrogen) atoms. The first-order valence-electron chi connectivity index (χ1n) is 9.44. The smallest absolute Gasteiger partial charge is 0.253 e. The molecule has 0 fully saturated rings. The zero-order valence-electron chi connectivity index (χ0n) is 16.5. The number of rotatable bonds is 9. The molecule has 0 heterocycles. The summed E-state index contributed by atoms with van der Waals surface area (Å²) in [6.45, 7) is 6.20. The summed E-state index contributed by atoms with van der Waals surface area (Å²) in [5.41, 5.74) is 1.37. The largest absolute Gasteiger partial charge is 0.350 e. The molecule has 2 rings (SSSR count). The van der Waals surface area contributed by atoms with Gasteiger partial charge in [0.15, 0.2) is 0 Å². The molecule has 0 saturated heterocycles. The minimum atomic E-state index is -3.65. The van der Waals surface area contributed by atoms with Crippen LogP contribution in [0.25, 0.3) is 0 Å². The van der Waals surface area contributed by atoms with Crippen LogP contribution in [0.3, 0.4) is 0 Å². The number of carbonyl (C=O) groups excluding carboxylic acids is 1. The van der Waals surface area contributed by atoms with E-state index in [1.165, 1.54) is 28.1 Å². The Labute approximate surface area is 172 Å². The molecule has 0 radical (unpaired) electrons. The SMILES string of the molecule is CCN(CC)S(=O)(=O)c1ccc(Cl)c(C(=O)NC(C)CCc2ccccc2)c1. The molecule has 0 aliphatic rings. The molecule has 1 amide bonds. The Morgan fingerprint density at radius 1 is 1.11 bits per heavy atom. The third kappa shape index (κ3) is 5.56. The number of amides is 1. The monoisotopic (exact) mass is 422 g/mol. The Kier molecular flexibility index (Phi) is 8.04. The van der Waals surface area contributed by atoms with Crippen LogP contribution in [0, 0.1) is 0 Å². The zero-order chi connectivity index (χ0) is 20.7. The molecule has 1 atom stereocenters. The van der Waals surface area contributed by atoms with Crippen LogP contribution < -0.4 is 5.32 Å². The van der Waals surface area contributed by atoms with Crippen molar-refractivity contribution in [2.45, 2.75) is 44.6 Å². The summed E-state index contributed by atoms with van der Waals surface area (Å²) in [4.78, 5) is 12.7. The van der Waals surface area contributed by atoms with Gasteiger partial charge >= 0.3 is 0 Å². The minimum Gasteiger partial charge on any atom is -0.350 e. The normalized spacial score (nSPS) is 12.8. The van der Waals surface area contributed by atoms with E-state index in [0.717, 1.165) is 12.8 Å². The number of aryl methyl sites for hydroxylation is 1. The molecule has 7 heteroatoms. The third-order valence-corrected chi connectivity index (χ3v) is 6.99. The van der Waals surface area contributed by atoms with Crippen molar-refractivity contribution in [2.75, 3.05) is 13.1 Å². The second-order valence-electron chi connectivity index (χ2n) is 6.63. The average Bonchev–Trinajstić information content (AvgIpc) is 2.68. The van der Waals surface area contributed by atoms with Crippen molar-refractivity contribution in [3.8, 4) is 0 Å². The van der Waals surface area contributed by atoms with Gasteiger partial charge in [-0.3, -0.25) is 4.79 Å². The fourth-order valence-corrected chi connectivity index (χ4v) is 4.64. The Morgan fingerprint density at radius 3 is 2.36 bits per heavy atom. The number of hydrogen-bond acceptors (Lipinski definition) is 3. The summed E-state index contributed by atoms with van der Waals surface area (Å²) >= 11 is 6.18. The Hall–Kier alpha value is -1.89. The molecule has 0 aliphatic heterocycles. The number of nitrogens with one attached hydrogen (secondary N) is 1. The number of halogens is 1. The molecule has 2 aromatic carbocycles. The fourth-order valence-electron chi connectivity index (χ4n) is 2.95. The van der Waals surface area contributed by atoms with Gasteiger partial charge in [-0.15, -0.1) is 0 Å². The van der Waals surface area contributed by atoms with Crippen LogP contribution in [0.4, 0.5) is 0 Å². The highest BCUT2D eigenvalue weighted by Crippen LogP contribution is 2.23. The van der Waals surface area contributed by atoms with Gasteiger partial charge in [-0.05, 0) is 43.5 Å². The van der Waals surface area contributed by atoms with Gasteiger partial charge in [-0.25, -0.2) is 8.42 Å². The number of benzene rings is 2. The summed E-state index contributed by atoms with van der Waals surface area (Å²) in [5, 5.41) is 3.14. The van der Waals surface area contributed by atoms with Gasteiger partial charge in [0.2, 0.25) is 10.0 Å². The highest BCUT2D eigenvalue weighted by Gasteiger charge is 2.24. The van der Waals surface area contributed by atoms with E-state index in [1.54, 1.807) is 13.8 Å². The molecule has 0 aliphatic carbocycles. The molecule has 2 aromatic rings. The van der Waals surface area contributed by atoms with Crippen molar-refractivity contribution >= 4 is 27.5 Å². The zero-order valence-corrected chi connectivity index (χ0v) is 18.1. The molecular formula is C21H27ClN2O3S. The van der Waals surface area contributed by atoms with Crippen molar-refractivity contribution in [3.05, 3.63) is 64.7 Å². The second kappa shape index (κ2) is 10.0. The van der Waals surface area contributed by atoms with E-state index in [4.69, 9.17) is 11.6 Å². The van der Waals surface area contributed by atoms with E-state index in [-0.39, 0.29) is 27.4 Å². The molecule has 0 aromatic heterocycles. The van der Waals surface area contributed by atoms with Crippen molar-refractivity contribution in [3.63, 3.8) is 0 Å². The van der Waals surface area contributed by atoms with Crippen molar-refractivity contribution < 1.29 is 13.2 Å². The quantitative estimate of drug-likeness (QED) is 0.660. The summed E-state index contributed by atoms with van der Waals surface area (Å²) in [6.07, 6.45) is 1.61. The van der Waals surface area contributed by atoms with Gasteiger partial charge in [-0.1, -0.05) is 55.8 Å². The highest BCUT2D eigenvalue weighted by molar-refractivity contribution is 7.89. The maximum absolute atomic E-state index is 12.7. The summed E-state index contributed by atoms with van der Waals surface area (Å²) < 4.78 is 26.8. The van der Waals surface area contributed by atoms with Crippen LogP contribution >= 0.6 is 11.6 Å². The van der Waals surface area contributed by atoms with Crippen molar-refractivity contribution in [1.82, 2.24) is 9.62 Å². The Morgan fingerprint density at radius 2 is 1.75 bits per heavy atom. The van der Waals surface area contributed by atoms with Crippen LogP contribution in [-0.2, 0) is 16.4 Å². The molecular weight excluding hydrogens is 396 g/mol. The van der Waals surface area contributed by atoms with Crippen LogP contribution in [0.2, 0.25) is 5.02 Å². The Bertz CT molecular complexity index is 897. The maximum Gasteiger partial charge on any atom is 0.253 e. The summed E-state index contributed by atoms with van der Waals surface area (Å²) in [6, 6.07) is 14.2. The lowest BCUT2D eigenvalue weighted by Gasteiger charge is -2.19. The minimum absolute atomic E-state index is 0.0719. The third-order valence-electron chi connectivity index (χ3n) is 4.61. The van der Waals surface area contributed by atoms with Crippen molar-refractivity contribution in [1.29, 1.82) is 0 Å². The van der Waals surface area contributed by atoms with Crippen LogP contribution in [0.5, 0.6) is 0 Å². The second-order valence-corrected chi connectivity index (χ2v) is 8.97. The van der Waals surface area contributed by atoms with E-state index >= 15 is 0 Å². The van der Waals surface area contributed by atoms with Crippen LogP contribution in [0.1, 0.15) is 43.1 Å². The first kappa shape index (κ1) is 22.4. The lowest BCUT2D eigenvalue weighted by molar-refractivity contribution is 0.0938. The van der Waals surface area contributed by atoms with Crippen LogP contribution in [0.15, 0.2) is 53.4 Å². The van der Waals surface area contributed by atoms with Gasteiger partial charge in [0, 0.05) is 19.1 Å². The van der Waals surface area contributed by atoms with E-state index in [2.05, 4.69) is 5.32 Å². The van der Waals surface area contributed by atoms with Gasteiger partial charge in [0.05, 0.1) is 15.5 Å². The topological polar surface area (TPSA) is 66.5 Å². The van der Waals surface area contributed by atoms with E-state index in [1.807, 2.05) is 37.3 Å². The van der Waals surface area contributed by atoms with E-state index < -0.39 is 10.0 Å². The Balaban J connectivity index is 2.12. The summed E-state index contributed by atoms with van der Waals surface area (Å²) in [7, 11) is -3.65. The standard InChI is InChI=1S/C21H27ClN2O3S/c1-4-24(5-2)28(26,27)18-13-14-20(22)19(15-18)21(25)23-16(3)11-12-17-9-7-6-8-10-17/h6-10,13-16H,4-5,11-12H2,1-3H3,(H,23,25). The molecule has 1 unspecified atom stereocenters. The lowest BCUT2D eigenvalue weighted by atomic mass is 10.1. The van der Waals surface area contributed by atoms with Gasteiger partial charge in [0.1, 0.15) is 0 Å². The van der Waals surface area contributed by atoms with E-state index in [9.17, 15) is 13.2 Å². The number of nitrogens with zero attached hydrogens (tertiary/aromatic N) is 1. The van der Waals surface area contributed by atoms with Gasteiger partial charge < -0.3 is 5.32 Å². The van der Waals surface area contributed by atoms with Gasteiger partial charge in [0.25, 0.3) is 5.91 Å². The first-order chi connectivity index (χ1) is 13.3. The molecule has 5 nitrogen and oxygen atoms in total. The number of carbonyl (C=O) groups is 1. The molecule has 0 bridgehead atoms. The number of sulfonamides is 1. The average molecular weight is 423 g/mol. The number of hydrogen-bond donors (Lipinski definition) is 1. The fraction of sp³-hybridized carbons (Fsp3) is 0.381. The lowest BCUT2D eigenvalue weighted by Crippen LogP contribution is -2.34. The molecule has 0 saturated carbocycles. The molecule has 152 valence electrons.